The molecule has 1 aromatic heterocycles. The summed E-state index contributed by atoms with van der Waals surface area (Å²) in [6.07, 6.45) is 2.44. The fraction of sp³-hybridized carbons (Fsp3) is 0.286. The lowest BCUT2D eigenvalue weighted by Gasteiger charge is -2.11. The van der Waals surface area contributed by atoms with Crippen molar-refractivity contribution in [3.8, 4) is 0 Å². The fourth-order valence-corrected chi connectivity index (χ4v) is 4.36. The number of benzene rings is 2. The summed E-state index contributed by atoms with van der Waals surface area (Å²) in [7, 11) is 0. The van der Waals surface area contributed by atoms with Gasteiger partial charge in [-0.1, -0.05) is 36.0 Å². The number of hydrogen-bond donors (Lipinski definition) is 2. The lowest BCUT2D eigenvalue weighted by molar-refractivity contribution is -0.120. The number of nitrogens with one attached hydrogen (secondary N) is 2. The van der Waals surface area contributed by atoms with Gasteiger partial charge in [-0.3, -0.25) is 4.79 Å². The Labute approximate surface area is 161 Å². The Hall–Kier alpha value is -2.31. The molecule has 6 heteroatoms. The SMILES string of the molecule is O=C(Cc1c(Sc2cccc(F)c2)[nH]c2ccccc12)NCC1CCCO1. The van der Waals surface area contributed by atoms with Crippen LogP contribution in [0.2, 0.25) is 0 Å². The summed E-state index contributed by atoms with van der Waals surface area (Å²) in [5, 5.41) is 4.87. The number of H-pyrrole nitrogens is 1. The van der Waals surface area contributed by atoms with Crippen molar-refractivity contribution >= 4 is 28.6 Å². The molecule has 1 amide bonds. The summed E-state index contributed by atoms with van der Waals surface area (Å²) in [6, 6.07) is 14.4. The molecule has 0 saturated carbocycles. The first-order valence-electron chi connectivity index (χ1n) is 9.10. The molecule has 1 fully saturated rings. The molecule has 0 radical (unpaired) electrons. The number of carbonyl (C=O) groups excluding carboxylic acids is 1. The minimum Gasteiger partial charge on any atom is -0.376 e. The number of fused-ring (bicyclic) bond motifs is 1. The van der Waals surface area contributed by atoms with Gasteiger partial charge in [0, 0.05) is 34.5 Å². The number of para-hydroxylation sites is 1. The molecular weight excluding hydrogens is 363 g/mol. The van der Waals surface area contributed by atoms with Crippen LogP contribution in [-0.2, 0) is 16.0 Å². The maximum absolute atomic E-state index is 13.5. The molecule has 2 N–H and O–H groups in total. The second-order valence-electron chi connectivity index (χ2n) is 6.65. The van der Waals surface area contributed by atoms with Crippen LogP contribution in [0.5, 0.6) is 0 Å². The third-order valence-electron chi connectivity index (χ3n) is 4.68. The van der Waals surface area contributed by atoms with Crippen LogP contribution in [-0.4, -0.2) is 30.1 Å². The van der Waals surface area contributed by atoms with Gasteiger partial charge in [-0.25, -0.2) is 4.39 Å². The second-order valence-corrected chi connectivity index (χ2v) is 7.74. The zero-order valence-corrected chi connectivity index (χ0v) is 15.7. The third kappa shape index (κ3) is 4.34. The first-order chi connectivity index (χ1) is 13.2. The predicted molar refractivity (Wildman–Crippen MR) is 105 cm³/mol. The van der Waals surface area contributed by atoms with Crippen LogP contribution in [0.25, 0.3) is 10.9 Å². The van der Waals surface area contributed by atoms with E-state index in [-0.39, 0.29) is 24.2 Å². The standard InChI is InChI=1S/C21H21FN2O2S/c22-14-5-3-7-16(11-14)27-21-18(17-8-1-2-9-19(17)24-21)12-20(25)23-13-15-6-4-10-26-15/h1-3,5,7-9,11,15,24H,4,6,10,12-13H2,(H,23,25). The van der Waals surface area contributed by atoms with Gasteiger partial charge in [-0.2, -0.15) is 0 Å². The molecule has 3 aromatic rings. The Morgan fingerprint density at radius 1 is 1.26 bits per heavy atom. The first kappa shape index (κ1) is 18.1. The molecule has 27 heavy (non-hydrogen) atoms. The van der Waals surface area contributed by atoms with Crippen LogP contribution in [0.1, 0.15) is 18.4 Å². The van der Waals surface area contributed by atoms with Gasteiger partial charge in [0.05, 0.1) is 17.6 Å². The van der Waals surface area contributed by atoms with Crippen molar-refractivity contribution in [2.75, 3.05) is 13.2 Å². The van der Waals surface area contributed by atoms with E-state index in [0.29, 0.717) is 6.54 Å². The average Bonchev–Trinajstić information content (AvgIpc) is 3.29. The maximum atomic E-state index is 13.5. The van der Waals surface area contributed by atoms with E-state index in [1.54, 1.807) is 6.07 Å². The molecule has 1 unspecified atom stereocenters. The summed E-state index contributed by atoms with van der Waals surface area (Å²) in [6.45, 7) is 1.32. The van der Waals surface area contributed by atoms with E-state index in [1.165, 1.54) is 23.9 Å². The number of ether oxygens (including phenoxy) is 1. The molecule has 1 saturated heterocycles. The Balaban J connectivity index is 1.55. The van der Waals surface area contributed by atoms with Crippen LogP contribution in [0.4, 0.5) is 4.39 Å². The van der Waals surface area contributed by atoms with Crippen LogP contribution < -0.4 is 5.32 Å². The molecule has 0 aliphatic carbocycles. The Morgan fingerprint density at radius 3 is 2.96 bits per heavy atom. The zero-order chi connectivity index (χ0) is 18.6. The molecule has 140 valence electrons. The molecule has 4 rings (SSSR count). The highest BCUT2D eigenvalue weighted by atomic mass is 32.2. The average molecular weight is 384 g/mol. The van der Waals surface area contributed by atoms with E-state index in [4.69, 9.17) is 4.74 Å². The monoisotopic (exact) mass is 384 g/mol. The summed E-state index contributed by atoms with van der Waals surface area (Å²) >= 11 is 1.44. The Bertz CT molecular complexity index is 950. The molecule has 1 aliphatic heterocycles. The van der Waals surface area contributed by atoms with Crippen LogP contribution in [0.3, 0.4) is 0 Å². The molecule has 4 nitrogen and oxygen atoms in total. The van der Waals surface area contributed by atoms with Crippen molar-refractivity contribution in [3.05, 3.63) is 59.9 Å². The summed E-state index contributed by atoms with van der Waals surface area (Å²) < 4.78 is 19.1. The molecule has 0 bridgehead atoms. The van der Waals surface area contributed by atoms with E-state index in [9.17, 15) is 9.18 Å². The number of rotatable bonds is 6. The van der Waals surface area contributed by atoms with Crippen molar-refractivity contribution in [2.45, 2.75) is 35.3 Å². The molecular formula is C21H21FN2O2S. The fourth-order valence-electron chi connectivity index (χ4n) is 3.34. The minimum atomic E-state index is -0.271. The predicted octanol–water partition coefficient (Wildman–Crippen LogP) is 4.30. The van der Waals surface area contributed by atoms with Gasteiger partial charge in [0.25, 0.3) is 0 Å². The summed E-state index contributed by atoms with van der Waals surface area (Å²) in [5.41, 5.74) is 1.91. The number of aromatic amines is 1. The summed E-state index contributed by atoms with van der Waals surface area (Å²) in [5.74, 6) is -0.302. The number of carbonyl (C=O) groups is 1. The van der Waals surface area contributed by atoms with Crippen molar-refractivity contribution in [1.29, 1.82) is 0 Å². The van der Waals surface area contributed by atoms with Crippen LogP contribution in [0.15, 0.2) is 58.5 Å². The highest BCUT2D eigenvalue weighted by Gasteiger charge is 2.19. The lowest BCUT2D eigenvalue weighted by atomic mass is 10.1. The van der Waals surface area contributed by atoms with Gasteiger partial charge in [0.2, 0.25) is 5.91 Å². The molecule has 0 spiro atoms. The van der Waals surface area contributed by atoms with Gasteiger partial charge in [-0.15, -0.1) is 0 Å². The minimum absolute atomic E-state index is 0.0312. The number of aromatic nitrogens is 1. The van der Waals surface area contributed by atoms with E-state index in [1.807, 2.05) is 30.3 Å². The van der Waals surface area contributed by atoms with Gasteiger partial charge < -0.3 is 15.0 Å². The molecule has 1 atom stereocenters. The highest BCUT2D eigenvalue weighted by Crippen LogP contribution is 2.35. The van der Waals surface area contributed by atoms with Crippen molar-refractivity contribution in [2.24, 2.45) is 0 Å². The lowest BCUT2D eigenvalue weighted by Crippen LogP contribution is -2.32. The quantitative estimate of drug-likeness (QED) is 0.666. The molecule has 1 aliphatic rings. The third-order valence-corrected chi connectivity index (χ3v) is 5.72. The normalized spacial score (nSPS) is 16.7. The van der Waals surface area contributed by atoms with E-state index in [2.05, 4.69) is 10.3 Å². The maximum Gasteiger partial charge on any atom is 0.224 e. The van der Waals surface area contributed by atoms with Gasteiger partial charge >= 0.3 is 0 Å². The molecule has 2 aromatic carbocycles. The van der Waals surface area contributed by atoms with Gasteiger partial charge in [0.1, 0.15) is 5.82 Å². The topological polar surface area (TPSA) is 54.1 Å². The number of hydrogen-bond acceptors (Lipinski definition) is 3. The highest BCUT2D eigenvalue weighted by molar-refractivity contribution is 7.99. The number of amides is 1. The Morgan fingerprint density at radius 2 is 2.15 bits per heavy atom. The largest absolute Gasteiger partial charge is 0.376 e. The van der Waals surface area contributed by atoms with Crippen molar-refractivity contribution in [1.82, 2.24) is 10.3 Å². The smallest absolute Gasteiger partial charge is 0.224 e. The second kappa shape index (κ2) is 8.15. The van der Waals surface area contributed by atoms with Crippen LogP contribution >= 0.6 is 11.8 Å². The first-order valence-corrected chi connectivity index (χ1v) is 9.92. The van der Waals surface area contributed by atoms with Gasteiger partial charge in [0.15, 0.2) is 0 Å². The van der Waals surface area contributed by atoms with E-state index in [0.717, 1.165) is 45.8 Å². The van der Waals surface area contributed by atoms with Crippen LogP contribution in [0, 0.1) is 5.82 Å². The van der Waals surface area contributed by atoms with Crippen molar-refractivity contribution < 1.29 is 13.9 Å². The summed E-state index contributed by atoms with van der Waals surface area (Å²) in [4.78, 5) is 16.7. The Kier molecular flexibility index (Phi) is 5.45. The van der Waals surface area contributed by atoms with E-state index < -0.39 is 0 Å². The van der Waals surface area contributed by atoms with E-state index >= 15 is 0 Å². The molecule has 2 heterocycles. The number of halogens is 1. The zero-order valence-electron chi connectivity index (χ0n) is 14.8. The van der Waals surface area contributed by atoms with Crippen molar-refractivity contribution in [3.63, 3.8) is 0 Å². The van der Waals surface area contributed by atoms with Gasteiger partial charge in [-0.05, 0) is 37.1 Å².